The van der Waals surface area contributed by atoms with Gasteiger partial charge in [0.05, 0.1) is 24.1 Å². The highest BCUT2D eigenvalue weighted by Crippen LogP contribution is 2.25. The number of aryl methyl sites for hydroxylation is 2. The molecule has 0 saturated heterocycles. The van der Waals surface area contributed by atoms with Crippen LogP contribution >= 0.6 is 11.8 Å². The van der Waals surface area contributed by atoms with E-state index in [1.54, 1.807) is 24.4 Å². The van der Waals surface area contributed by atoms with E-state index in [2.05, 4.69) is 30.2 Å². The van der Waals surface area contributed by atoms with Crippen molar-refractivity contribution in [2.75, 3.05) is 18.2 Å². The van der Waals surface area contributed by atoms with E-state index in [1.807, 2.05) is 29.8 Å². The van der Waals surface area contributed by atoms with Gasteiger partial charge in [-0.05, 0) is 55.7 Å². The van der Waals surface area contributed by atoms with Crippen molar-refractivity contribution in [3.05, 3.63) is 71.0 Å². The Hall–Kier alpha value is -3.06. The zero-order chi connectivity index (χ0) is 21.0. The number of hydrogen-bond acceptors (Lipinski definition) is 5. The molecule has 7 heteroatoms. The quantitative estimate of drug-likeness (QED) is 0.485. The van der Waals surface area contributed by atoms with Crippen LogP contribution in [0, 0.1) is 20.8 Å². The average Bonchev–Trinajstić information content (AvgIpc) is 3.18. The summed E-state index contributed by atoms with van der Waals surface area (Å²) in [7, 11) is 1.33. The van der Waals surface area contributed by atoms with Crippen molar-refractivity contribution in [1.29, 1.82) is 0 Å². The number of imidazole rings is 1. The summed E-state index contributed by atoms with van der Waals surface area (Å²) in [4.78, 5) is 28.6. The molecule has 0 spiro atoms. The predicted molar refractivity (Wildman–Crippen MR) is 115 cm³/mol. The lowest BCUT2D eigenvalue weighted by molar-refractivity contribution is -0.113. The maximum atomic E-state index is 12.5. The Labute approximate surface area is 174 Å². The van der Waals surface area contributed by atoms with Gasteiger partial charge in [0.25, 0.3) is 0 Å². The summed E-state index contributed by atoms with van der Waals surface area (Å²) in [5.41, 5.74) is 5.28. The maximum Gasteiger partial charge on any atom is 0.337 e. The molecule has 150 valence electrons. The largest absolute Gasteiger partial charge is 0.465 e. The molecule has 0 unspecified atom stereocenters. The van der Waals surface area contributed by atoms with E-state index in [1.165, 1.54) is 30.0 Å². The van der Waals surface area contributed by atoms with Crippen molar-refractivity contribution < 1.29 is 14.3 Å². The molecule has 2 aromatic carbocycles. The molecule has 3 aromatic rings. The van der Waals surface area contributed by atoms with Crippen LogP contribution in [0.1, 0.15) is 27.0 Å². The summed E-state index contributed by atoms with van der Waals surface area (Å²) in [6.07, 6.45) is 3.62. The Balaban J connectivity index is 1.71. The highest BCUT2D eigenvalue weighted by molar-refractivity contribution is 7.99. The lowest BCUT2D eigenvalue weighted by atomic mass is 10.1. The van der Waals surface area contributed by atoms with Gasteiger partial charge in [0.2, 0.25) is 5.91 Å². The fourth-order valence-electron chi connectivity index (χ4n) is 2.89. The van der Waals surface area contributed by atoms with E-state index in [4.69, 9.17) is 4.74 Å². The Morgan fingerprint density at radius 2 is 1.93 bits per heavy atom. The molecule has 1 N–H and O–H groups in total. The number of anilines is 1. The van der Waals surface area contributed by atoms with Crippen LogP contribution in [-0.2, 0) is 9.53 Å². The molecule has 1 aromatic heterocycles. The second-order valence-electron chi connectivity index (χ2n) is 6.66. The van der Waals surface area contributed by atoms with Crippen molar-refractivity contribution in [2.45, 2.75) is 25.9 Å². The number of aromatic nitrogens is 2. The molecule has 0 aliphatic carbocycles. The number of ether oxygens (including phenoxy) is 1. The zero-order valence-corrected chi connectivity index (χ0v) is 17.7. The van der Waals surface area contributed by atoms with Gasteiger partial charge in [0.1, 0.15) is 0 Å². The molecular formula is C22H23N3O3S. The molecule has 3 rings (SSSR count). The monoisotopic (exact) mass is 409 g/mol. The average molecular weight is 410 g/mol. The topological polar surface area (TPSA) is 73.2 Å². The minimum atomic E-state index is -0.439. The Morgan fingerprint density at radius 1 is 1.14 bits per heavy atom. The van der Waals surface area contributed by atoms with Crippen LogP contribution in [-0.4, -0.2) is 34.3 Å². The van der Waals surface area contributed by atoms with E-state index < -0.39 is 5.97 Å². The van der Waals surface area contributed by atoms with Crippen molar-refractivity contribution >= 4 is 29.3 Å². The molecule has 6 nitrogen and oxygen atoms in total. The van der Waals surface area contributed by atoms with Gasteiger partial charge < -0.3 is 10.1 Å². The van der Waals surface area contributed by atoms with Gasteiger partial charge in [-0.1, -0.05) is 30.0 Å². The summed E-state index contributed by atoms with van der Waals surface area (Å²) >= 11 is 1.36. The molecule has 0 aliphatic heterocycles. The maximum absolute atomic E-state index is 12.5. The number of nitrogens with zero attached hydrogens (tertiary/aromatic N) is 2. The van der Waals surface area contributed by atoms with Crippen LogP contribution in [0.3, 0.4) is 0 Å². The Kier molecular flexibility index (Phi) is 6.39. The lowest BCUT2D eigenvalue weighted by Crippen LogP contribution is -2.16. The van der Waals surface area contributed by atoms with Gasteiger partial charge >= 0.3 is 5.97 Å². The van der Waals surface area contributed by atoms with Gasteiger partial charge in [-0.25, -0.2) is 9.78 Å². The smallest absolute Gasteiger partial charge is 0.337 e. The fraction of sp³-hybridized carbons (Fsp3) is 0.227. The van der Waals surface area contributed by atoms with Crippen LogP contribution in [0.5, 0.6) is 0 Å². The first kappa shape index (κ1) is 20.7. The molecule has 0 radical (unpaired) electrons. The Bertz CT molecular complexity index is 1060. The molecule has 0 bridgehead atoms. The number of thioether (sulfide) groups is 1. The summed E-state index contributed by atoms with van der Waals surface area (Å²) in [6, 6.07) is 11.2. The normalized spacial score (nSPS) is 10.6. The van der Waals surface area contributed by atoms with Crippen LogP contribution in [0.2, 0.25) is 0 Å². The zero-order valence-electron chi connectivity index (χ0n) is 16.9. The van der Waals surface area contributed by atoms with Gasteiger partial charge in [0.15, 0.2) is 5.16 Å². The third-order valence-electron chi connectivity index (χ3n) is 4.71. The summed E-state index contributed by atoms with van der Waals surface area (Å²) in [5.74, 6) is -0.412. The SMILES string of the molecule is COC(=O)c1ccc(C)c(NC(=O)CSc2nccn2-c2cccc(C)c2C)c1. The van der Waals surface area contributed by atoms with Gasteiger partial charge in [-0.2, -0.15) is 0 Å². The summed E-state index contributed by atoms with van der Waals surface area (Å²) < 4.78 is 6.73. The number of hydrogen-bond donors (Lipinski definition) is 1. The van der Waals surface area contributed by atoms with E-state index in [0.29, 0.717) is 11.3 Å². The fourth-order valence-corrected chi connectivity index (χ4v) is 3.66. The molecule has 29 heavy (non-hydrogen) atoms. The number of benzene rings is 2. The van der Waals surface area contributed by atoms with E-state index >= 15 is 0 Å². The van der Waals surface area contributed by atoms with Crippen LogP contribution in [0.4, 0.5) is 5.69 Å². The second kappa shape index (κ2) is 8.96. The van der Waals surface area contributed by atoms with Gasteiger partial charge in [0, 0.05) is 18.1 Å². The molecule has 1 heterocycles. The van der Waals surface area contributed by atoms with Crippen molar-refractivity contribution in [1.82, 2.24) is 9.55 Å². The minimum absolute atomic E-state index is 0.171. The standard InChI is InChI=1S/C22H23N3O3S/c1-14-6-5-7-19(16(14)3)25-11-10-23-22(25)29-13-20(26)24-18-12-17(21(27)28-4)9-8-15(18)2/h5-12H,13H2,1-4H3,(H,24,26). The molecule has 0 saturated carbocycles. The van der Waals surface area contributed by atoms with Crippen molar-refractivity contribution in [3.63, 3.8) is 0 Å². The van der Waals surface area contributed by atoms with Crippen molar-refractivity contribution in [3.8, 4) is 5.69 Å². The number of esters is 1. The van der Waals surface area contributed by atoms with E-state index in [9.17, 15) is 9.59 Å². The number of nitrogens with one attached hydrogen (secondary N) is 1. The first-order valence-electron chi connectivity index (χ1n) is 9.12. The summed E-state index contributed by atoms with van der Waals surface area (Å²) in [6.45, 7) is 6.01. The first-order valence-corrected chi connectivity index (χ1v) is 10.1. The number of amides is 1. The predicted octanol–water partition coefficient (Wildman–Crippen LogP) is 4.31. The molecule has 1 amide bonds. The number of carbonyl (C=O) groups is 2. The molecule has 0 atom stereocenters. The highest BCUT2D eigenvalue weighted by Gasteiger charge is 2.13. The molecule has 0 aliphatic rings. The molecule has 0 fully saturated rings. The van der Waals surface area contributed by atoms with Gasteiger partial charge in [-0.15, -0.1) is 0 Å². The molecular weight excluding hydrogens is 386 g/mol. The summed E-state index contributed by atoms with van der Waals surface area (Å²) in [5, 5.41) is 3.61. The number of rotatable bonds is 6. The highest BCUT2D eigenvalue weighted by atomic mass is 32.2. The number of methoxy groups -OCH3 is 1. The number of carbonyl (C=O) groups excluding carboxylic acids is 2. The lowest BCUT2D eigenvalue weighted by Gasteiger charge is -2.13. The van der Waals surface area contributed by atoms with E-state index in [-0.39, 0.29) is 11.7 Å². The van der Waals surface area contributed by atoms with Crippen LogP contribution < -0.4 is 5.32 Å². The van der Waals surface area contributed by atoms with E-state index in [0.717, 1.165) is 16.4 Å². The first-order chi connectivity index (χ1) is 13.9. The Morgan fingerprint density at radius 3 is 2.69 bits per heavy atom. The third kappa shape index (κ3) is 4.68. The third-order valence-corrected chi connectivity index (χ3v) is 5.67. The minimum Gasteiger partial charge on any atom is -0.465 e. The van der Waals surface area contributed by atoms with Crippen LogP contribution in [0.15, 0.2) is 53.9 Å². The van der Waals surface area contributed by atoms with Gasteiger partial charge in [-0.3, -0.25) is 9.36 Å². The second-order valence-corrected chi connectivity index (χ2v) is 7.60. The van der Waals surface area contributed by atoms with Crippen molar-refractivity contribution in [2.24, 2.45) is 0 Å². The van der Waals surface area contributed by atoms with Crippen LogP contribution in [0.25, 0.3) is 5.69 Å².